The summed E-state index contributed by atoms with van der Waals surface area (Å²) < 4.78 is 0. The van der Waals surface area contributed by atoms with E-state index in [1.54, 1.807) is 0 Å². The van der Waals surface area contributed by atoms with Crippen LogP contribution in [0, 0.1) is 6.92 Å². The van der Waals surface area contributed by atoms with Crippen molar-refractivity contribution in [3.63, 3.8) is 0 Å². The van der Waals surface area contributed by atoms with Gasteiger partial charge in [-0.1, -0.05) is 6.92 Å². The van der Waals surface area contributed by atoms with Crippen molar-refractivity contribution in [2.45, 2.75) is 39.5 Å². The molecule has 0 amide bonds. The normalized spacial score (nSPS) is 14.6. The van der Waals surface area contributed by atoms with Crippen molar-refractivity contribution in [1.82, 2.24) is 4.98 Å². The minimum absolute atomic E-state index is 0.989. The Labute approximate surface area is 79.2 Å². The maximum absolute atomic E-state index is 6.07. The summed E-state index contributed by atoms with van der Waals surface area (Å²) in [6.07, 6.45) is 4.45. The van der Waals surface area contributed by atoms with Gasteiger partial charge < -0.3 is 5.73 Å². The molecule has 1 aliphatic rings. The van der Waals surface area contributed by atoms with Crippen LogP contribution in [-0.4, -0.2) is 4.98 Å². The first-order valence-corrected chi connectivity index (χ1v) is 5.00. The van der Waals surface area contributed by atoms with E-state index in [0.29, 0.717) is 0 Å². The van der Waals surface area contributed by atoms with E-state index in [1.165, 1.54) is 28.9 Å². The molecule has 1 aliphatic carbocycles. The number of pyridine rings is 1. The Hall–Kier alpha value is -1.05. The molecule has 0 radical (unpaired) electrons. The van der Waals surface area contributed by atoms with E-state index in [1.807, 2.05) is 0 Å². The highest BCUT2D eigenvalue weighted by Crippen LogP contribution is 2.29. The Bertz CT molecular complexity index is 342. The summed E-state index contributed by atoms with van der Waals surface area (Å²) in [4.78, 5) is 4.65. The van der Waals surface area contributed by atoms with Crippen molar-refractivity contribution in [2.75, 3.05) is 5.73 Å². The monoisotopic (exact) mass is 176 g/mol. The summed E-state index contributed by atoms with van der Waals surface area (Å²) in [6, 6.07) is 0. The molecule has 0 aliphatic heterocycles. The van der Waals surface area contributed by atoms with Crippen LogP contribution in [0.2, 0.25) is 0 Å². The highest BCUT2D eigenvalue weighted by Gasteiger charge is 2.18. The molecule has 0 saturated carbocycles. The second-order valence-corrected chi connectivity index (χ2v) is 3.73. The summed E-state index contributed by atoms with van der Waals surface area (Å²) >= 11 is 0. The van der Waals surface area contributed by atoms with Crippen molar-refractivity contribution in [2.24, 2.45) is 0 Å². The molecule has 0 spiro atoms. The Morgan fingerprint density at radius 3 is 2.85 bits per heavy atom. The molecule has 1 aromatic heterocycles. The minimum Gasteiger partial charge on any atom is -0.398 e. The van der Waals surface area contributed by atoms with Crippen molar-refractivity contribution in [3.8, 4) is 0 Å². The zero-order valence-electron chi connectivity index (χ0n) is 8.35. The molecule has 0 atom stereocenters. The lowest BCUT2D eigenvalue weighted by molar-refractivity contribution is 0.889. The van der Waals surface area contributed by atoms with Crippen LogP contribution in [0.3, 0.4) is 0 Å². The van der Waals surface area contributed by atoms with E-state index in [4.69, 9.17) is 5.73 Å². The maximum atomic E-state index is 6.07. The maximum Gasteiger partial charge on any atom is 0.0459 e. The van der Waals surface area contributed by atoms with Gasteiger partial charge in [-0.3, -0.25) is 4.98 Å². The summed E-state index contributed by atoms with van der Waals surface area (Å²) in [5, 5.41) is 0. The quantitative estimate of drug-likeness (QED) is 0.711. The highest BCUT2D eigenvalue weighted by atomic mass is 14.8. The first-order valence-electron chi connectivity index (χ1n) is 5.00. The predicted molar refractivity (Wildman–Crippen MR) is 54.8 cm³/mol. The topological polar surface area (TPSA) is 38.9 Å². The van der Waals surface area contributed by atoms with Gasteiger partial charge in [0.1, 0.15) is 0 Å². The minimum atomic E-state index is 0.989. The largest absolute Gasteiger partial charge is 0.398 e. The first-order chi connectivity index (χ1) is 6.24. The smallest absolute Gasteiger partial charge is 0.0459 e. The molecule has 2 heteroatoms. The molecule has 13 heavy (non-hydrogen) atoms. The van der Waals surface area contributed by atoms with E-state index >= 15 is 0 Å². The van der Waals surface area contributed by atoms with Crippen molar-refractivity contribution >= 4 is 5.69 Å². The van der Waals surface area contributed by atoms with Crippen LogP contribution < -0.4 is 5.73 Å². The number of nitrogen functional groups attached to an aromatic ring is 1. The number of aromatic nitrogens is 1. The van der Waals surface area contributed by atoms with Crippen LogP contribution in [-0.2, 0) is 19.3 Å². The third-order valence-electron chi connectivity index (χ3n) is 2.96. The average molecular weight is 176 g/mol. The zero-order valence-corrected chi connectivity index (χ0v) is 8.35. The van der Waals surface area contributed by atoms with Gasteiger partial charge in [0.25, 0.3) is 0 Å². The Balaban J connectivity index is 2.61. The molecule has 1 aromatic rings. The van der Waals surface area contributed by atoms with E-state index in [2.05, 4.69) is 18.8 Å². The van der Waals surface area contributed by atoms with Gasteiger partial charge in [-0.05, 0) is 43.7 Å². The molecule has 2 nitrogen and oxygen atoms in total. The van der Waals surface area contributed by atoms with Crippen LogP contribution in [0.4, 0.5) is 5.69 Å². The lowest BCUT2D eigenvalue weighted by atomic mass is 10.1. The highest BCUT2D eigenvalue weighted by molar-refractivity contribution is 5.57. The molecule has 0 bridgehead atoms. The lowest BCUT2D eigenvalue weighted by Crippen LogP contribution is -2.04. The Kier molecular flexibility index (Phi) is 1.98. The van der Waals surface area contributed by atoms with Gasteiger partial charge in [0.2, 0.25) is 0 Å². The van der Waals surface area contributed by atoms with Gasteiger partial charge in [-0.15, -0.1) is 0 Å². The molecule has 0 saturated heterocycles. The first kappa shape index (κ1) is 8.54. The second-order valence-electron chi connectivity index (χ2n) is 3.73. The fourth-order valence-electron chi connectivity index (χ4n) is 2.11. The molecular weight excluding hydrogens is 160 g/mol. The Morgan fingerprint density at radius 2 is 2.15 bits per heavy atom. The number of aryl methyl sites for hydroxylation is 2. The standard InChI is InChI=1S/C11H16N2/c1-3-9-7(2)11(12)8-5-4-6-10(8)13-9/h3-6H2,1-2H3,(H2,12,13). The van der Waals surface area contributed by atoms with Crippen LogP contribution in [0.15, 0.2) is 0 Å². The van der Waals surface area contributed by atoms with Crippen LogP contribution in [0.1, 0.15) is 35.9 Å². The van der Waals surface area contributed by atoms with Gasteiger partial charge in [0.05, 0.1) is 0 Å². The van der Waals surface area contributed by atoms with Crippen molar-refractivity contribution < 1.29 is 0 Å². The number of nitrogens with zero attached hydrogens (tertiary/aromatic N) is 1. The van der Waals surface area contributed by atoms with E-state index in [-0.39, 0.29) is 0 Å². The average Bonchev–Trinajstić information content (AvgIpc) is 2.59. The number of anilines is 1. The van der Waals surface area contributed by atoms with Crippen molar-refractivity contribution in [3.05, 3.63) is 22.5 Å². The lowest BCUT2D eigenvalue weighted by Gasteiger charge is -2.10. The summed E-state index contributed by atoms with van der Waals surface area (Å²) in [6.45, 7) is 4.22. The van der Waals surface area contributed by atoms with Crippen LogP contribution in [0.5, 0.6) is 0 Å². The fourth-order valence-corrected chi connectivity index (χ4v) is 2.11. The molecule has 70 valence electrons. The number of rotatable bonds is 1. The Morgan fingerprint density at radius 1 is 1.38 bits per heavy atom. The van der Waals surface area contributed by atoms with Gasteiger partial charge in [-0.2, -0.15) is 0 Å². The zero-order chi connectivity index (χ0) is 9.42. The van der Waals surface area contributed by atoms with Gasteiger partial charge >= 0.3 is 0 Å². The summed E-state index contributed by atoms with van der Waals surface area (Å²) in [7, 11) is 0. The van der Waals surface area contributed by atoms with E-state index < -0.39 is 0 Å². The van der Waals surface area contributed by atoms with Crippen LogP contribution in [0.25, 0.3) is 0 Å². The number of hydrogen-bond acceptors (Lipinski definition) is 2. The van der Waals surface area contributed by atoms with Gasteiger partial charge in [0.15, 0.2) is 0 Å². The molecule has 2 N–H and O–H groups in total. The predicted octanol–water partition coefficient (Wildman–Crippen LogP) is 2.02. The second kappa shape index (κ2) is 3.02. The molecule has 2 rings (SSSR count). The van der Waals surface area contributed by atoms with E-state index in [0.717, 1.165) is 24.9 Å². The third kappa shape index (κ3) is 1.21. The van der Waals surface area contributed by atoms with Gasteiger partial charge in [0, 0.05) is 17.1 Å². The molecule has 0 aromatic carbocycles. The molecule has 0 unspecified atom stereocenters. The molecule has 0 fully saturated rings. The summed E-state index contributed by atoms with van der Waals surface area (Å²) in [5.74, 6) is 0. The SMILES string of the molecule is CCc1nc2c(c(N)c1C)CCC2. The van der Waals surface area contributed by atoms with E-state index in [9.17, 15) is 0 Å². The molecule has 1 heterocycles. The number of nitrogens with two attached hydrogens (primary N) is 1. The van der Waals surface area contributed by atoms with Crippen molar-refractivity contribution in [1.29, 1.82) is 0 Å². The van der Waals surface area contributed by atoms with Crippen LogP contribution >= 0.6 is 0 Å². The fraction of sp³-hybridized carbons (Fsp3) is 0.545. The third-order valence-corrected chi connectivity index (χ3v) is 2.96. The summed E-state index contributed by atoms with van der Waals surface area (Å²) in [5.41, 5.74) is 12.0. The molecular formula is C11H16N2. The number of hydrogen-bond donors (Lipinski definition) is 1. The number of fused-ring (bicyclic) bond motifs is 1. The van der Waals surface area contributed by atoms with Gasteiger partial charge in [-0.25, -0.2) is 0 Å².